The van der Waals surface area contributed by atoms with Crippen molar-refractivity contribution in [1.29, 1.82) is 0 Å². The van der Waals surface area contributed by atoms with Gasteiger partial charge in [-0.3, -0.25) is 9.59 Å². The molecular weight excluding hydrogens is 418 g/mol. The second-order valence-corrected chi connectivity index (χ2v) is 7.88. The van der Waals surface area contributed by atoms with E-state index in [2.05, 4.69) is 10.4 Å². The number of nitrogens with one attached hydrogen (secondary N) is 1. The number of hydrazone groups is 1. The average molecular weight is 442 g/mol. The minimum atomic E-state index is -0.495. The molecule has 1 heterocycles. The van der Waals surface area contributed by atoms with Gasteiger partial charge in [-0.1, -0.05) is 35.5 Å². The fourth-order valence-electron chi connectivity index (χ4n) is 2.86. The molecule has 1 aliphatic rings. The monoisotopic (exact) mass is 441 g/mol. The van der Waals surface area contributed by atoms with Crippen LogP contribution in [0.2, 0.25) is 0 Å². The first-order valence-electron chi connectivity index (χ1n) is 9.66. The molecule has 0 saturated heterocycles. The van der Waals surface area contributed by atoms with Crippen LogP contribution < -0.4 is 14.8 Å². The Morgan fingerprint density at radius 3 is 2.42 bits per heavy atom. The molecule has 0 aliphatic carbocycles. The van der Waals surface area contributed by atoms with Gasteiger partial charge in [0.05, 0.1) is 12.2 Å². The number of nitrogens with zero attached hydrogens (tertiary/aromatic N) is 2. The van der Waals surface area contributed by atoms with Crippen molar-refractivity contribution < 1.29 is 23.9 Å². The van der Waals surface area contributed by atoms with Crippen molar-refractivity contribution in [2.45, 2.75) is 33.1 Å². The molecule has 2 aromatic rings. The molecule has 0 bridgehead atoms. The summed E-state index contributed by atoms with van der Waals surface area (Å²) in [6.45, 7) is 6.89. The van der Waals surface area contributed by atoms with E-state index in [9.17, 15) is 14.4 Å². The van der Waals surface area contributed by atoms with Crippen molar-refractivity contribution in [1.82, 2.24) is 10.3 Å². The quantitative estimate of drug-likeness (QED) is 0.562. The van der Waals surface area contributed by atoms with Gasteiger partial charge < -0.3 is 14.8 Å². The standard InChI is InChI=1S/C22H23N3O5S/c1-5-29-19-12-17(20-25(15(4)27)24-22(31-20)23-14(3)26)10-11-18(19)30-21(28)16-8-6-13(2)7-9-16/h6-12,20H,5H2,1-4H3,(H,23,24,26). The van der Waals surface area contributed by atoms with Crippen LogP contribution in [0.5, 0.6) is 11.5 Å². The van der Waals surface area contributed by atoms with Crippen LogP contribution in [0.4, 0.5) is 0 Å². The Bertz CT molecular complexity index is 1040. The van der Waals surface area contributed by atoms with Crippen LogP contribution in [0.15, 0.2) is 47.6 Å². The van der Waals surface area contributed by atoms with Crippen molar-refractivity contribution in [2.75, 3.05) is 6.61 Å². The van der Waals surface area contributed by atoms with E-state index in [1.807, 2.05) is 26.0 Å². The molecule has 0 spiro atoms. The number of amides is 2. The number of hydrogen-bond acceptors (Lipinski definition) is 7. The van der Waals surface area contributed by atoms with Crippen molar-refractivity contribution in [2.24, 2.45) is 5.10 Å². The Hall–Kier alpha value is -3.33. The average Bonchev–Trinajstić information content (AvgIpc) is 3.13. The molecule has 0 fully saturated rings. The SMILES string of the molecule is CCOc1cc(C2SC(NC(C)=O)=NN2C(C)=O)ccc1OC(=O)c1ccc(C)cc1. The summed E-state index contributed by atoms with van der Waals surface area (Å²) in [6.07, 6.45) is 0. The molecule has 0 saturated carbocycles. The van der Waals surface area contributed by atoms with Gasteiger partial charge in [-0.25, -0.2) is 9.80 Å². The van der Waals surface area contributed by atoms with Crippen LogP contribution in [0.3, 0.4) is 0 Å². The highest BCUT2D eigenvalue weighted by molar-refractivity contribution is 8.14. The third-order valence-electron chi connectivity index (χ3n) is 4.29. The topological polar surface area (TPSA) is 97.3 Å². The van der Waals surface area contributed by atoms with Crippen molar-refractivity contribution >= 4 is 34.7 Å². The highest BCUT2D eigenvalue weighted by atomic mass is 32.2. The zero-order valence-electron chi connectivity index (χ0n) is 17.7. The zero-order valence-corrected chi connectivity index (χ0v) is 18.5. The molecule has 1 atom stereocenters. The van der Waals surface area contributed by atoms with Gasteiger partial charge in [-0.05, 0) is 43.7 Å². The van der Waals surface area contributed by atoms with Crippen LogP contribution in [-0.4, -0.2) is 34.6 Å². The van der Waals surface area contributed by atoms with E-state index in [0.717, 1.165) is 5.56 Å². The Kier molecular flexibility index (Phi) is 6.96. The number of carbonyl (C=O) groups is 3. The molecule has 2 amide bonds. The van der Waals surface area contributed by atoms with Gasteiger partial charge in [0.1, 0.15) is 5.37 Å². The highest BCUT2D eigenvalue weighted by Crippen LogP contribution is 2.41. The number of ether oxygens (including phenoxy) is 2. The number of esters is 1. The van der Waals surface area contributed by atoms with Gasteiger partial charge in [0, 0.05) is 13.8 Å². The molecule has 1 aliphatic heterocycles. The minimum Gasteiger partial charge on any atom is -0.490 e. The number of benzene rings is 2. The maximum atomic E-state index is 12.5. The number of thioether (sulfide) groups is 1. The smallest absolute Gasteiger partial charge is 0.343 e. The molecule has 8 nitrogen and oxygen atoms in total. The van der Waals surface area contributed by atoms with Crippen molar-refractivity contribution in [3.05, 3.63) is 59.2 Å². The molecular formula is C22H23N3O5S. The Balaban J connectivity index is 1.86. The lowest BCUT2D eigenvalue weighted by Gasteiger charge is -2.20. The first kappa shape index (κ1) is 22.4. The van der Waals surface area contributed by atoms with Crippen LogP contribution in [-0.2, 0) is 9.59 Å². The summed E-state index contributed by atoms with van der Waals surface area (Å²) in [4.78, 5) is 35.9. The Labute approximate surface area is 184 Å². The summed E-state index contributed by atoms with van der Waals surface area (Å²) in [5.41, 5.74) is 2.18. The zero-order chi connectivity index (χ0) is 22.5. The van der Waals surface area contributed by atoms with E-state index in [4.69, 9.17) is 9.47 Å². The summed E-state index contributed by atoms with van der Waals surface area (Å²) >= 11 is 1.23. The van der Waals surface area contributed by atoms with Gasteiger partial charge >= 0.3 is 5.97 Å². The fourth-order valence-corrected chi connectivity index (χ4v) is 3.99. The van der Waals surface area contributed by atoms with Crippen molar-refractivity contribution in [3.63, 3.8) is 0 Å². The summed E-state index contributed by atoms with van der Waals surface area (Å²) in [7, 11) is 0. The summed E-state index contributed by atoms with van der Waals surface area (Å²) in [6, 6.07) is 12.1. The predicted molar refractivity (Wildman–Crippen MR) is 118 cm³/mol. The molecule has 1 unspecified atom stereocenters. The molecule has 3 rings (SSSR count). The van der Waals surface area contributed by atoms with Crippen LogP contribution >= 0.6 is 11.8 Å². The normalized spacial score (nSPS) is 15.3. The maximum Gasteiger partial charge on any atom is 0.343 e. The van der Waals surface area contributed by atoms with Crippen LogP contribution in [0, 0.1) is 6.92 Å². The van der Waals surface area contributed by atoms with E-state index in [0.29, 0.717) is 28.7 Å². The number of hydrogen-bond donors (Lipinski definition) is 1. The van der Waals surface area contributed by atoms with Crippen LogP contribution in [0.1, 0.15) is 47.6 Å². The molecule has 0 radical (unpaired) electrons. The minimum absolute atomic E-state index is 0.273. The van der Waals surface area contributed by atoms with Gasteiger partial charge in [0.25, 0.3) is 0 Å². The predicted octanol–water partition coefficient (Wildman–Crippen LogP) is 3.61. The summed E-state index contributed by atoms with van der Waals surface area (Å²) in [5.74, 6) is -0.394. The lowest BCUT2D eigenvalue weighted by Crippen LogP contribution is -2.25. The molecule has 162 valence electrons. The second-order valence-electron chi connectivity index (χ2n) is 6.81. The first-order chi connectivity index (χ1) is 14.8. The van der Waals surface area contributed by atoms with Gasteiger partial charge in [0.2, 0.25) is 11.8 Å². The Morgan fingerprint density at radius 1 is 1.10 bits per heavy atom. The third kappa shape index (κ3) is 5.43. The third-order valence-corrected chi connectivity index (χ3v) is 5.39. The molecule has 2 aromatic carbocycles. The fraction of sp³-hybridized carbons (Fsp3) is 0.273. The van der Waals surface area contributed by atoms with E-state index in [1.54, 1.807) is 30.3 Å². The first-order valence-corrected chi connectivity index (χ1v) is 10.5. The van der Waals surface area contributed by atoms with Crippen LogP contribution in [0.25, 0.3) is 0 Å². The molecule has 1 N–H and O–H groups in total. The lowest BCUT2D eigenvalue weighted by atomic mass is 10.1. The number of rotatable bonds is 5. The summed E-state index contributed by atoms with van der Waals surface area (Å²) in [5, 5.41) is 7.93. The Morgan fingerprint density at radius 2 is 1.81 bits per heavy atom. The number of amidine groups is 1. The number of aryl methyl sites for hydroxylation is 1. The van der Waals surface area contributed by atoms with E-state index >= 15 is 0 Å². The molecule has 9 heteroatoms. The number of carbonyl (C=O) groups excluding carboxylic acids is 3. The van der Waals surface area contributed by atoms with Gasteiger partial charge in [0.15, 0.2) is 16.7 Å². The van der Waals surface area contributed by atoms with Gasteiger partial charge in [-0.15, -0.1) is 5.10 Å². The highest BCUT2D eigenvalue weighted by Gasteiger charge is 2.33. The van der Waals surface area contributed by atoms with Crippen molar-refractivity contribution in [3.8, 4) is 11.5 Å². The lowest BCUT2D eigenvalue weighted by molar-refractivity contribution is -0.129. The van der Waals surface area contributed by atoms with E-state index in [1.165, 1.54) is 30.6 Å². The van der Waals surface area contributed by atoms with E-state index < -0.39 is 11.3 Å². The van der Waals surface area contributed by atoms with E-state index in [-0.39, 0.29) is 17.6 Å². The summed E-state index contributed by atoms with van der Waals surface area (Å²) < 4.78 is 11.2. The molecule has 0 aromatic heterocycles. The molecule has 31 heavy (non-hydrogen) atoms. The maximum absolute atomic E-state index is 12.5. The largest absolute Gasteiger partial charge is 0.490 e. The second kappa shape index (κ2) is 9.65. The van der Waals surface area contributed by atoms with Gasteiger partial charge in [-0.2, -0.15) is 0 Å².